The molecular formula is C19H21NO5. The maximum absolute atomic E-state index is 11.4. The third kappa shape index (κ3) is 6.35. The van der Waals surface area contributed by atoms with Crippen molar-refractivity contribution < 1.29 is 19.6 Å². The first kappa shape index (κ1) is 18.6. The highest BCUT2D eigenvalue weighted by atomic mass is 16.6. The van der Waals surface area contributed by atoms with Crippen LogP contribution in [0.25, 0.3) is 0 Å². The molecule has 1 N–H and O–H groups in total. The van der Waals surface area contributed by atoms with Crippen LogP contribution in [0.2, 0.25) is 0 Å². The van der Waals surface area contributed by atoms with Gasteiger partial charge in [0.25, 0.3) is 5.69 Å². The Labute approximate surface area is 146 Å². The molecule has 0 amide bonds. The molecule has 0 fully saturated rings. The Morgan fingerprint density at radius 3 is 2.32 bits per heavy atom. The molecule has 0 saturated heterocycles. The van der Waals surface area contributed by atoms with E-state index in [-0.39, 0.29) is 5.69 Å². The Morgan fingerprint density at radius 2 is 1.72 bits per heavy atom. The highest BCUT2D eigenvalue weighted by Gasteiger charge is 2.17. The summed E-state index contributed by atoms with van der Waals surface area (Å²) in [5, 5.41) is 20.0. The van der Waals surface area contributed by atoms with E-state index in [1.54, 1.807) is 12.1 Å². The number of carboxylic acids is 1. The highest BCUT2D eigenvalue weighted by Crippen LogP contribution is 2.17. The first-order valence-electron chi connectivity index (χ1n) is 8.14. The van der Waals surface area contributed by atoms with Gasteiger partial charge in [-0.15, -0.1) is 0 Å². The zero-order chi connectivity index (χ0) is 18.1. The number of hydrogen-bond acceptors (Lipinski definition) is 4. The van der Waals surface area contributed by atoms with E-state index in [0.717, 1.165) is 11.1 Å². The van der Waals surface area contributed by atoms with Crippen LogP contribution < -0.4 is 0 Å². The molecule has 1 atom stereocenters. The van der Waals surface area contributed by atoms with Crippen LogP contribution in [0.4, 0.5) is 5.69 Å². The number of carboxylic acid groups (broad SMARTS) is 1. The molecule has 0 radical (unpaired) electrons. The summed E-state index contributed by atoms with van der Waals surface area (Å²) in [7, 11) is 0. The minimum absolute atomic E-state index is 0.0350. The maximum Gasteiger partial charge on any atom is 0.306 e. The van der Waals surface area contributed by atoms with Crippen LogP contribution in [0.1, 0.15) is 24.0 Å². The normalized spacial score (nSPS) is 11.8. The van der Waals surface area contributed by atoms with Crippen molar-refractivity contribution in [3.8, 4) is 0 Å². The molecule has 0 aromatic heterocycles. The summed E-state index contributed by atoms with van der Waals surface area (Å²) < 4.78 is 5.56. The predicted octanol–water partition coefficient (Wildman–Crippen LogP) is 3.84. The molecule has 1 unspecified atom stereocenters. The van der Waals surface area contributed by atoms with Crippen LogP contribution in [0.3, 0.4) is 0 Å². The molecule has 0 heterocycles. The van der Waals surface area contributed by atoms with Gasteiger partial charge in [-0.1, -0.05) is 42.5 Å². The Morgan fingerprint density at radius 1 is 1.04 bits per heavy atom. The van der Waals surface area contributed by atoms with Gasteiger partial charge in [-0.3, -0.25) is 14.9 Å². The SMILES string of the molecule is O=C(O)C(CCOCc1ccccc1)CCc1ccc([N+](=O)[O-])cc1. The molecule has 0 aliphatic heterocycles. The number of rotatable bonds is 10. The van der Waals surface area contributed by atoms with E-state index in [1.807, 2.05) is 30.3 Å². The lowest BCUT2D eigenvalue weighted by atomic mass is 9.97. The first-order chi connectivity index (χ1) is 12.1. The average Bonchev–Trinajstić information content (AvgIpc) is 2.62. The van der Waals surface area contributed by atoms with Gasteiger partial charge >= 0.3 is 5.97 Å². The molecule has 0 spiro atoms. The van der Waals surface area contributed by atoms with Crippen LogP contribution in [0.15, 0.2) is 54.6 Å². The fraction of sp³-hybridized carbons (Fsp3) is 0.316. The van der Waals surface area contributed by atoms with Crippen molar-refractivity contribution in [2.24, 2.45) is 5.92 Å². The fourth-order valence-corrected chi connectivity index (χ4v) is 2.51. The standard InChI is InChI=1S/C19H21NO5/c21-19(22)17(12-13-25-14-16-4-2-1-3-5-16)9-6-15-7-10-18(11-8-15)20(23)24/h1-5,7-8,10-11,17H,6,9,12-14H2,(H,21,22). The quantitative estimate of drug-likeness (QED) is 0.402. The van der Waals surface area contributed by atoms with Crippen molar-refractivity contribution in [1.29, 1.82) is 0 Å². The summed E-state index contributed by atoms with van der Waals surface area (Å²) in [5.41, 5.74) is 1.98. The highest BCUT2D eigenvalue weighted by molar-refractivity contribution is 5.69. The second-order valence-corrected chi connectivity index (χ2v) is 5.82. The zero-order valence-electron chi connectivity index (χ0n) is 13.8. The van der Waals surface area contributed by atoms with Gasteiger partial charge in [0.1, 0.15) is 0 Å². The molecule has 0 bridgehead atoms. The Bertz CT molecular complexity index is 685. The third-order valence-electron chi connectivity index (χ3n) is 4.00. The van der Waals surface area contributed by atoms with Gasteiger partial charge in [0.05, 0.1) is 17.4 Å². The fourth-order valence-electron chi connectivity index (χ4n) is 2.51. The van der Waals surface area contributed by atoms with E-state index in [4.69, 9.17) is 4.74 Å². The number of aliphatic carboxylic acids is 1. The molecule has 2 aromatic rings. The molecule has 132 valence electrons. The van der Waals surface area contributed by atoms with Gasteiger partial charge in [-0.05, 0) is 30.4 Å². The molecule has 6 nitrogen and oxygen atoms in total. The summed E-state index contributed by atoms with van der Waals surface area (Å²) >= 11 is 0. The number of aryl methyl sites for hydroxylation is 1. The number of nitrogens with zero attached hydrogens (tertiary/aromatic N) is 1. The van der Waals surface area contributed by atoms with Crippen LogP contribution >= 0.6 is 0 Å². The van der Waals surface area contributed by atoms with E-state index in [0.29, 0.717) is 32.5 Å². The Kier molecular flexibility index (Phi) is 7.10. The van der Waals surface area contributed by atoms with Gasteiger partial charge in [0.2, 0.25) is 0 Å². The smallest absolute Gasteiger partial charge is 0.306 e. The van der Waals surface area contributed by atoms with Gasteiger partial charge in [-0.2, -0.15) is 0 Å². The number of ether oxygens (including phenoxy) is 1. The third-order valence-corrected chi connectivity index (χ3v) is 4.00. The summed E-state index contributed by atoms with van der Waals surface area (Å²) in [6.07, 6.45) is 1.48. The number of carbonyl (C=O) groups is 1. The van der Waals surface area contributed by atoms with E-state index >= 15 is 0 Å². The van der Waals surface area contributed by atoms with Gasteiger partial charge < -0.3 is 9.84 Å². The molecule has 25 heavy (non-hydrogen) atoms. The summed E-state index contributed by atoms with van der Waals surface area (Å²) in [5.74, 6) is -1.34. The number of nitro groups is 1. The number of benzene rings is 2. The topological polar surface area (TPSA) is 89.7 Å². The second-order valence-electron chi connectivity index (χ2n) is 5.82. The number of hydrogen-bond donors (Lipinski definition) is 1. The van der Waals surface area contributed by atoms with Crippen molar-refractivity contribution >= 4 is 11.7 Å². The predicted molar refractivity (Wildman–Crippen MR) is 93.3 cm³/mol. The molecular weight excluding hydrogens is 322 g/mol. The van der Waals surface area contributed by atoms with Crippen molar-refractivity contribution in [3.05, 3.63) is 75.8 Å². The molecule has 2 rings (SSSR count). The Balaban J connectivity index is 1.76. The minimum Gasteiger partial charge on any atom is -0.481 e. The zero-order valence-corrected chi connectivity index (χ0v) is 13.8. The van der Waals surface area contributed by atoms with Crippen LogP contribution in [0, 0.1) is 16.0 Å². The molecule has 0 aliphatic rings. The van der Waals surface area contributed by atoms with E-state index < -0.39 is 16.8 Å². The number of nitro benzene ring substituents is 1. The number of non-ortho nitro benzene ring substituents is 1. The van der Waals surface area contributed by atoms with Crippen molar-refractivity contribution in [2.75, 3.05) is 6.61 Å². The van der Waals surface area contributed by atoms with Crippen LogP contribution in [0.5, 0.6) is 0 Å². The Hall–Kier alpha value is -2.73. The summed E-state index contributed by atoms with van der Waals surface area (Å²) in [4.78, 5) is 21.6. The van der Waals surface area contributed by atoms with Gasteiger partial charge in [0, 0.05) is 18.7 Å². The largest absolute Gasteiger partial charge is 0.481 e. The van der Waals surface area contributed by atoms with Crippen molar-refractivity contribution in [2.45, 2.75) is 25.9 Å². The van der Waals surface area contributed by atoms with E-state index in [9.17, 15) is 20.0 Å². The van der Waals surface area contributed by atoms with E-state index in [1.165, 1.54) is 12.1 Å². The van der Waals surface area contributed by atoms with Crippen molar-refractivity contribution in [1.82, 2.24) is 0 Å². The van der Waals surface area contributed by atoms with Gasteiger partial charge in [0.15, 0.2) is 0 Å². The molecule has 0 aliphatic carbocycles. The van der Waals surface area contributed by atoms with Crippen LogP contribution in [-0.4, -0.2) is 22.6 Å². The minimum atomic E-state index is -0.842. The monoisotopic (exact) mass is 343 g/mol. The lowest BCUT2D eigenvalue weighted by molar-refractivity contribution is -0.384. The lowest BCUT2D eigenvalue weighted by Gasteiger charge is -2.12. The maximum atomic E-state index is 11.4. The van der Waals surface area contributed by atoms with Crippen LogP contribution in [-0.2, 0) is 22.6 Å². The second kappa shape index (κ2) is 9.54. The molecule has 0 saturated carbocycles. The first-order valence-corrected chi connectivity index (χ1v) is 8.14. The average molecular weight is 343 g/mol. The molecule has 2 aromatic carbocycles. The summed E-state index contributed by atoms with van der Waals surface area (Å²) in [6, 6.07) is 15.9. The van der Waals surface area contributed by atoms with E-state index in [2.05, 4.69) is 0 Å². The lowest BCUT2D eigenvalue weighted by Crippen LogP contribution is -2.17. The van der Waals surface area contributed by atoms with Gasteiger partial charge in [-0.25, -0.2) is 0 Å². The summed E-state index contributed by atoms with van der Waals surface area (Å²) in [6.45, 7) is 0.849. The molecule has 6 heteroatoms. The van der Waals surface area contributed by atoms with Crippen molar-refractivity contribution in [3.63, 3.8) is 0 Å².